The highest BCUT2D eigenvalue weighted by molar-refractivity contribution is 5.76. The normalized spacial score (nSPS) is 28.5. The molecule has 1 atom stereocenters. The van der Waals surface area contributed by atoms with Crippen molar-refractivity contribution in [1.82, 2.24) is 10.6 Å². The first-order valence-corrected chi connectivity index (χ1v) is 8.93. The summed E-state index contributed by atoms with van der Waals surface area (Å²) in [4.78, 5) is 11.6. The predicted octanol–water partition coefficient (Wildman–Crippen LogP) is 2.52. The van der Waals surface area contributed by atoms with E-state index in [-0.39, 0.29) is 11.5 Å². The van der Waals surface area contributed by atoms with Gasteiger partial charge in [-0.05, 0) is 51.5 Å². The zero-order valence-corrected chi connectivity index (χ0v) is 13.2. The minimum Gasteiger partial charge on any atom is -0.375 e. The molecule has 0 aromatic rings. The Morgan fingerprint density at radius 1 is 1.10 bits per heavy atom. The van der Waals surface area contributed by atoms with Crippen molar-refractivity contribution in [1.29, 1.82) is 0 Å². The van der Waals surface area contributed by atoms with Crippen molar-refractivity contribution in [3.8, 4) is 0 Å². The molecule has 21 heavy (non-hydrogen) atoms. The average molecular weight is 294 g/mol. The minimum atomic E-state index is 0.178. The first-order chi connectivity index (χ1) is 10.3. The number of nitrogens with one attached hydrogen (secondary N) is 2. The molecule has 1 saturated heterocycles. The fraction of sp³-hybridized carbons (Fsp3) is 0.941. The van der Waals surface area contributed by atoms with Crippen molar-refractivity contribution in [2.24, 2.45) is 0 Å². The largest absolute Gasteiger partial charge is 0.375 e. The van der Waals surface area contributed by atoms with Gasteiger partial charge in [-0.25, -0.2) is 0 Å². The van der Waals surface area contributed by atoms with Crippen LogP contribution in [0.5, 0.6) is 0 Å². The molecular formula is C17H30N2O2. The highest BCUT2D eigenvalue weighted by Gasteiger charge is 2.38. The van der Waals surface area contributed by atoms with E-state index in [0.29, 0.717) is 18.5 Å². The Balaban J connectivity index is 1.32. The highest BCUT2D eigenvalue weighted by Crippen LogP contribution is 2.38. The van der Waals surface area contributed by atoms with Gasteiger partial charge in [0.2, 0.25) is 5.91 Å². The van der Waals surface area contributed by atoms with Gasteiger partial charge >= 0.3 is 0 Å². The van der Waals surface area contributed by atoms with Gasteiger partial charge in [0.15, 0.2) is 0 Å². The molecule has 3 rings (SSSR count). The van der Waals surface area contributed by atoms with Gasteiger partial charge in [0, 0.05) is 25.1 Å². The van der Waals surface area contributed by atoms with Crippen molar-refractivity contribution in [2.45, 2.75) is 88.3 Å². The topological polar surface area (TPSA) is 50.4 Å². The Bertz CT molecular complexity index is 343. The smallest absolute Gasteiger partial charge is 0.220 e. The molecule has 0 bridgehead atoms. The van der Waals surface area contributed by atoms with E-state index in [4.69, 9.17) is 4.74 Å². The lowest BCUT2D eigenvalue weighted by Crippen LogP contribution is -2.48. The highest BCUT2D eigenvalue weighted by atomic mass is 16.5. The number of carbonyl (C=O) groups is 1. The zero-order chi connectivity index (χ0) is 14.5. The third-order valence-corrected chi connectivity index (χ3v) is 5.21. The van der Waals surface area contributed by atoms with Crippen LogP contribution < -0.4 is 10.6 Å². The van der Waals surface area contributed by atoms with Crippen molar-refractivity contribution in [2.75, 3.05) is 13.2 Å². The number of rotatable bonds is 6. The van der Waals surface area contributed by atoms with Crippen LogP contribution in [0.25, 0.3) is 0 Å². The number of amides is 1. The molecule has 2 saturated carbocycles. The van der Waals surface area contributed by atoms with Crippen molar-refractivity contribution < 1.29 is 9.53 Å². The van der Waals surface area contributed by atoms with E-state index in [1.54, 1.807) is 0 Å². The molecule has 1 heterocycles. The second kappa shape index (κ2) is 7.10. The first-order valence-electron chi connectivity index (χ1n) is 8.93. The minimum absolute atomic E-state index is 0.178. The molecule has 1 aliphatic heterocycles. The van der Waals surface area contributed by atoms with E-state index in [2.05, 4.69) is 10.6 Å². The lowest BCUT2D eigenvalue weighted by molar-refractivity contribution is -0.121. The van der Waals surface area contributed by atoms with Crippen LogP contribution in [0.4, 0.5) is 0 Å². The van der Waals surface area contributed by atoms with E-state index in [1.165, 1.54) is 51.4 Å². The molecule has 4 nitrogen and oxygen atoms in total. The molecule has 0 aromatic heterocycles. The summed E-state index contributed by atoms with van der Waals surface area (Å²) in [7, 11) is 0. The Hall–Kier alpha value is -0.610. The molecule has 2 N–H and O–H groups in total. The number of ether oxygens (including phenoxy) is 1. The summed E-state index contributed by atoms with van der Waals surface area (Å²) < 4.78 is 6.13. The number of carbonyl (C=O) groups excluding carboxylic acids is 1. The van der Waals surface area contributed by atoms with Gasteiger partial charge in [-0.3, -0.25) is 4.79 Å². The zero-order valence-electron chi connectivity index (χ0n) is 13.2. The molecule has 2 aliphatic carbocycles. The Labute approximate surface area is 128 Å². The van der Waals surface area contributed by atoms with Gasteiger partial charge in [-0.15, -0.1) is 0 Å². The maximum absolute atomic E-state index is 11.6. The molecular weight excluding hydrogens is 264 g/mol. The summed E-state index contributed by atoms with van der Waals surface area (Å²) in [5.74, 6) is 0.232. The maximum atomic E-state index is 11.6. The summed E-state index contributed by atoms with van der Waals surface area (Å²) in [6.07, 6.45) is 12.8. The van der Waals surface area contributed by atoms with Crippen LogP contribution in [0.2, 0.25) is 0 Å². The molecule has 3 fully saturated rings. The van der Waals surface area contributed by atoms with Gasteiger partial charge in [0.25, 0.3) is 0 Å². The Kier molecular flexibility index (Phi) is 5.17. The first kappa shape index (κ1) is 15.3. The summed E-state index contributed by atoms with van der Waals surface area (Å²) in [6, 6.07) is 1.08. The van der Waals surface area contributed by atoms with Crippen molar-refractivity contribution >= 4 is 5.91 Å². The van der Waals surface area contributed by atoms with Crippen molar-refractivity contribution in [3.05, 3.63) is 0 Å². The second-order valence-corrected chi connectivity index (χ2v) is 7.18. The van der Waals surface area contributed by atoms with Crippen LogP contribution >= 0.6 is 0 Å². The van der Waals surface area contributed by atoms with Crippen LogP contribution in [0.15, 0.2) is 0 Å². The monoisotopic (exact) mass is 294 g/mol. The maximum Gasteiger partial charge on any atom is 0.220 e. The molecule has 4 heteroatoms. The van der Waals surface area contributed by atoms with Crippen LogP contribution in [0, 0.1) is 0 Å². The molecule has 1 spiro atoms. The molecule has 0 radical (unpaired) electrons. The number of hydrogen-bond acceptors (Lipinski definition) is 3. The lowest BCUT2D eigenvalue weighted by Gasteiger charge is -2.43. The third-order valence-electron chi connectivity index (χ3n) is 5.21. The molecule has 1 amide bonds. The summed E-state index contributed by atoms with van der Waals surface area (Å²) in [6.45, 7) is 1.86. The molecule has 3 aliphatic rings. The lowest BCUT2D eigenvalue weighted by atomic mass is 9.78. The van der Waals surface area contributed by atoms with Crippen LogP contribution in [0.1, 0.15) is 70.6 Å². The Morgan fingerprint density at radius 2 is 1.90 bits per heavy atom. The van der Waals surface area contributed by atoms with E-state index in [1.807, 2.05) is 0 Å². The fourth-order valence-corrected chi connectivity index (χ4v) is 3.83. The molecule has 120 valence electrons. The van der Waals surface area contributed by atoms with Crippen LogP contribution in [-0.2, 0) is 9.53 Å². The number of hydrogen-bond donors (Lipinski definition) is 2. The third kappa shape index (κ3) is 4.68. The van der Waals surface area contributed by atoms with Gasteiger partial charge in [-0.1, -0.05) is 19.3 Å². The van der Waals surface area contributed by atoms with Crippen LogP contribution in [-0.4, -0.2) is 36.7 Å². The fourth-order valence-electron chi connectivity index (χ4n) is 3.83. The second-order valence-electron chi connectivity index (χ2n) is 7.18. The Morgan fingerprint density at radius 3 is 2.67 bits per heavy atom. The standard InChI is InChI=1S/C17H30N2O2/c20-16(19-14-6-7-14)5-4-11-18-15-8-12-21-17(13-15)9-2-1-3-10-17/h14-15,18H,1-13H2,(H,19,20). The molecule has 0 aromatic carbocycles. The van der Waals surface area contributed by atoms with Gasteiger partial charge in [-0.2, -0.15) is 0 Å². The van der Waals surface area contributed by atoms with E-state index in [9.17, 15) is 4.79 Å². The van der Waals surface area contributed by atoms with Gasteiger partial charge in [0.1, 0.15) is 0 Å². The molecule has 1 unspecified atom stereocenters. The summed E-state index contributed by atoms with van der Waals surface area (Å²) in [5, 5.41) is 6.71. The SMILES string of the molecule is O=C(CCCNC1CCOC2(CCCCC2)C1)NC1CC1. The summed E-state index contributed by atoms with van der Waals surface area (Å²) in [5.41, 5.74) is 0.178. The van der Waals surface area contributed by atoms with Crippen molar-refractivity contribution in [3.63, 3.8) is 0 Å². The average Bonchev–Trinajstić information content (AvgIpc) is 3.29. The van der Waals surface area contributed by atoms with E-state index >= 15 is 0 Å². The van der Waals surface area contributed by atoms with E-state index < -0.39 is 0 Å². The van der Waals surface area contributed by atoms with Gasteiger partial charge in [0.05, 0.1) is 5.60 Å². The predicted molar refractivity (Wildman–Crippen MR) is 83.2 cm³/mol. The summed E-state index contributed by atoms with van der Waals surface area (Å²) >= 11 is 0. The quantitative estimate of drug-likeness (QED) is 0.740. The van der Waals surface area contributed by atoms with E-state index in [0.717, 1.165) is 26.0 Å². The van der Waals surface area contributed by atoms with Gasteiger partial charge < -0.3 is 15.4 Å². The van der Waals surface area contributed by atoms with Crippen LogP contribution in [0.3, 0.4) is 0 Å².